The molecule has 7 nitrogen and oxygen atoms in total. The SMILES string of the molecule is COc1ccc(Cl)cc1S(=O)(=O)Nc1cccc(-c2cn3cccnc3n2)c1. The van der Waals surface area contributed by atoms with E-state index in [9.17, 15) is 8.42 Å². The third kappa shape index (κ3) is 3.51. The van der Waals surface area contributed by atoms with Crippen LogP contribution >= 0.6 is 11.6 Å². The lowest BCUT2D eigenvalue weighted by atomic mass is 10.1. The molecule has 1 N–H and O–H groups in total. The molecule has 0 saturated carbocycles. The molecule has 0 saturated heterocycles. The zero-order valence-electron chi connectivity index (χ0n) is 14.7. The number of aromatic nitrogens is 3. The Morgan fingerprint density at radius 3 is 2.79 bits per heavy atom. The molecule has 4 rings (SSSR count). The molecule has 0 bridgehead atoms. The van der Waals surface area contributed by atoms with E-state index < -0.39 is 10.0 Å². The van der Waals surface area contributed by atoms with Crippen LogP contribution in [0.4, 0.5) is 5.69 Å². The molecule has 0 aliphatic rings. The van der Waals surface area contributed by atoms with Crippen molar-refractivity contribution in [1.29, 1.82) is 0 Å². The summed E-state index contributed by atoms with van der Waals surface area (Å²) in [6, 6.07) is 13.2. The predicted molar refractivity (Wildman–Crippen MR) is 107 cm³/mol. The van der Waals surface area contributed by atoms with Crippen LogP contribution in [0.25, 0.3) is 17.0 Å². The van der Waals surface area contributed by atoms with Crippen LogP contribution in [0.5, 0.6) is 5.75 Å². The molecular formula is C19H15ClN4O3S. The van der Waals surface area contributed by atoms with Crippen LogP contribution < -0.4 is 9.46 Å². The van der Waals surface area contributed by atoms with Crippen molar-refractivity contribution in [2.24, 2.45) is 0 Å². The fourth-order valence-electron chi connectivity index (χ4n) is 2.78. The number of imidazole rings is 1. The number of fused-ring (bicyclic) bond motifs is 1. The standard InChI is InChI=1S/C19H15ClN4O3S/c1-27-17-7-6-14(20)11-18(17)28(25,26)23-15-5-2-4-13(10-15)16-12-24-9-3-8-21-19(24)22-16/h2-12,23H,1H3. The smallest absolute Gasteiger partial charge is 0.265 e. The highest BCUT2D eigenvalue weighted by molar-refractivity contribution is 7.92. The summed E-state index contributed by atoms with van der Waals surface area (Å²) in [5, 5.41) is 0.298. The van der Waals surface area contributed by atoms with E-state index in [4.69, 9.17) is 16.3 Å². The summed E-state index contributed by atoms with van der Waals surface area (Å²) in [5.41, 5.74) is 1.83. The van der Waals surface area contributed by atoms with Gasteiger partial charge in [-0.2, -0.15) is 0 Å². The Morgan fingerprint density at radius 2 is 2.00 bits per heavy atom. The van der Waals surface area contributed by atoms with E-state index in [0.717, 1.165) is 5.56 Å². The van der Waals surface area contributed by atoms with E-state index in [1.54, 1.807) is 40.9 Å². The van der Waals surface area contributed by atoms with E-state index in [2.05, 4.69) is 14.7 Å². The average Bonchev–Trinajstić information content (AvgIpc) is 3.12. The number of halogens is 1. The third-order valence-electron chi connectivity index (χ3n) is 4.06. The normalized spacial score (nSPS) is 11.5. The molecule has 0 unspecified atom stereocenters. The van der Waals surface area contributed by atoms with E-state index in [1.165, 1.54) is 19.2 Å². The lowest BCUT2D eigenvalue weighted by Gasteiger charge is -2.12. The summed E-state index contributed by atoms with van der Waals surface area (Å²) in [6.07, 6.45) is 5.34. The summed E-state index contributed by atoms with van der Waals surface area (Å²) in [4.78, 5) is 8.61. The molecule has 0 spiro atoms. The zero-order chi connectivity index (χ0) is 19.7. The van der Waals surface area contributed by atoms with Crippen molar-refractivity contribution in [2.75, 3.05) is 11.8 Å². The largest absolute Gasteiger partial charge is 0.495 e. The van der Waals surface area contributed by atoms with Gasteiger partial charge in [0.1, 0.15) is 10.6 Å². The Morgan fingerprint density at radius 1 is 1.14 bits per heavy atom. The molecule has 0 aliphatic heterocycles. The van der Waals surface area contributed by atoms with E-state index in [1.807, 2.05) is 18.5 Å². The monoisotopic (exact) mass is 414 g/mol. The predicted octanol–water partition coefficient (Wildman–Crippen LogP) is 3.86. The van der Waals surface area contributed by atoms with Crippen molar-refractivity contribution >= 4 is 33.1 Å². The molecular weight excluding hydrogens is 400 g/mol. The minimum atomic E-state index is -3.90. The second-order valence-corrected chi connectivity index (χ2v) is 8.02. The van der Waals surface area contributed by atoms with Gasteiger partial charge in [-0.1, -0.05) is 23.7 Å². The van der Waals surface area contributed by atoms with Crippen molar-refractivity contribution < 1.29 is 13.2 Å². The number of hydrogen-bond acceptors (Lipinski definition) is 5. The fraction of sp³-hybridized carbons (Fsp3) is 0.0526. The number of nitrogens with zero attached hydrogens (tertiary/aromatic N) is 3. The number of nitrogens with one attached hydrogen (secondary N) is 1. The molecule has 0 radical (unpaired) electrons. The first-order chi connectivity index (χ1) is 13.5. The van der Waals surface area contributed by atoms with Gasteiger partial charge in [-0.25, -0.2) is 18.4 Å². The summed E-state index contributed by atoms with van der Waals surface area (Å²) < 4.78 is 35.2. The van der Waals surface area contributed by atoms with Crippen molar-refractivity contribution in [3.8, 4) is 17.0 Å². The average molecular weight is 415 g/mol. The molecule has 0 amide bonds. The Hall–Kier alpha value is -3.10. The number of hydrogen-bond donors (Lipinski definition) is 1. The zero-order valence-corrected chi connectivity index (χ0v) is 16.3. The van der Waals surface area contributed by atoms with Crippen LogP contribution in [0.15, 0.2) is 72.0 Å². The molecule has 2 aromatic carbocycles. The molecule has 28 heavy (non-hydrogen) atoms. The first kappa shape index (κ1) is 18.3. The van der Waals surface area contributed by atoms with Gasteiger partial charge in [0.05, 0.1) is 12.8 Å². The minimum Gasteiger partial charge on any atom is -0.495 e. The maximum atomic E-state index is 12.8. The Balaban J connectivity index is 1.69. The summed E-state index contributed by atoms with van der Waals surface area (Å²) >= 11 is 5.96. The lowest BCUT2D eigenvalue weighted by Crippen LogP contribution is -2.14. The summed E-state index contributed by atoms with van der Waals surface area (Å²) in [7, 11) is -2.50. The lowest BCUT2D eigenvalue weighted by molar-refractivity contribution is 0.403. The maximum Gasteiger partial charge on any atom is 0.265 e. The molecule has 4 aromatic rings. The number of rotatable bonds is 5. The van der Waals surface area contributed by atoms with Gasteiger partial charge in [0, 0.05) is 34.9 Å². The molecule has 0 aliphatic carbocycles. The highest BCUT2D eigenvalue weighted by Crippen LogP contribution is 2.29. The van der Waals surface area contributed by atoms with Gasteiger partial charge < -0.3 is 4.74 Å². The second-order valence-electron chi connectivity index (χ2n) is 5.93. The topological polar surface area (TPSA) is 85.6 Å². The van der Waals surface area contributed by atoms with Crippen molar-refractivity contribution in [2.45, 2.75) is 4.90 Å². The van der Waals surface area contributed by atoms with Gasteiger partial charge >= 0.3 is 0 Å². The first-order valence-electron chi connectivity index (χ1n) is 8.23. The molecule has 0 fully saturated rings. The highest BCUT2D eigenvalue weighted by atomic mass is 35.5. The van der Waals surface area contributed by atoms with Gasteiger partial charge in [-0.05, 0) is 36.4 Å². The van der Waals surface area contributed by atoms with Gasteiger partial charge in [0.25, 0.3) is 10.0 Å². The van der Waals surface area contributed by atoms with Crippen molar-refractivity contribution in [3.63, 3.8) is 0 Å². The summed E-state index contributed by atoms with van der Waals surface area (Å²) in [6.45, 7) is 0. The Bertz CT molecular complexity index is 1240. The highest BCUT2D eigenvalue weighted by Gasteiger charge is 2.20. The second kappa shape index (κ2) is 7.14. The van der Waals surface area contributed by atoms with Crippen LogP contribution in [0.2, 0.25) is 5.02 Å². The van der Waals surface area contributed by atoms with E-state index >= 15 is 0 Å². The van der Waals surface area contributed by atoms with Crippen LogP contribution in [-0.2, 0) is 10.0 Å². The number of benzene rings is 2. The van der Waals surface area contributed by atoms with Crippen molar-refractivity contribution in [1.82, 2.24) is 14.4 Å². The van der Waals surface area contributed by atoms with Crippen LogP contribution in [-0.4, -0.2) is 29.9 Å². The molecule has 2 heterocycles. The fourth-order valence-corrected chi connectivity index (χ4v) is 4.26. The van der Waals surface area contributed by atoms with Crippen LogP contribution in [0.1, 0.15) is 0 Å². The van der Waals surface area contributed by atoms with E-state index in [-0.39, 0.29) is 10.6 Å². The van der Waals surface area contributed by atoms with Gasteiger partial charge in [-0.15, -0.1) is 0 Å². The van der Waals surface area contributed by atoms with Gasteiger partial charge in [0.2, 0.25) is 5.78 Å². The Kier molecular flexibility index (Phi) is 4.66. The molecule has 0 atom stereocenters. The summed E-state index contributed by atoms with van der Waals surface area (Å²) in [5.74, 6) is 0.770. The van der Waals surface area contributed by atoms with Crippen LogP contribution in [0.3, 0.4) is 0 Å². The number of anilines is 1. The van der Waals surface area contributed by atoms with Crippen LogP contribution in [0, 0.1) is 0 Å². The maximum absolute atomic E-state index is 12.8. The molecule has 2 aromatic heterocycles. The van der Waals surface area contributed by atoms with E-state index in [0.29, 0.717) is 22.2 Å². The molecule has 142 valence electrons. The number of ether oxygens (including phenoxy) is 1. The third-order valence-corrected chi connectivity index (χ3v) is 5.70. The molecule has 9 heteroatoms. The quantitative estimate of drug-likeness (QED) is 0.536. The Labute approximate surface area is 166 Å². The number of sulfonamides is 1. The van der Waals surface area contributed by atoms with Gasteiger partial charge in [-0.3, -0.25) is 9.12 Å². The van der Waals surface area contributed by atoms with Crippen molar-refractivity contribution in [3.05, 3.63) is 72.1 Å². The first-order valence-corrected chi connectivity index (χ1v) is 10.1. The van der Waals surface area contributed by atoms with Gasteiger partial charge in [0.15, 0.2) is 0 Å². The number of methoxy groups -OCH3 is 1. The minimum absolute atomic E-state index is 0.0372.